The van der Waals surface area contributed by atoms with Crippen LogP contribution in [0, 0.1) is 22.7 Å². The smallest absolute Gasteiger partial charge is 0.0281 e. The van der Waals surface area contributed by atoms with Gasteiger partial charge in [-0.2, -0.15) is 0 Å². The number of allylic oxidation sites excluding steroid dienone is 3. The number of hydrogen-bond acceptors (Lipinski definition) is 2. The number of likely N-dealkylation sites (tertiary alicyclic amines) is 1. The summed E-state index contributed by atoms with van der Waals surface area (Å²) in [6, 6.07) is 1.47. The van der Waals surface area contributed by atoms with Crippen molar-refractivity contribution in [2.75, 3.05) is 19.6 Å². The largest absolute Gasteiger partial charge is 0.307 e. The van der Waals surface area contributed by atoms with Crippen molar-refractivity contribution in [1.29, 1.82) is 0 Å². The van der Waals surface area contributed by atoms with Gasteiger partial charge >= 0.3 is 0 Å². The molecule has 2 bridgehead atoms. The van der Waals surface area contributed by atoms with E-state index < -0.39 is 0 Å². The Morgan fingerprint density at radius 3 is 2.30 bits per heavy atom. The van der Waals surface area contributed by atoms with E-state index in [-0.39, 0.29) is 0 Å². The molecular weight excluding hydrogens is 328 g/mol. The van der Waals surface area contributed by atoms with Crippen LogP contribution in [0.4, 0.5) is 0 Å². The molecule has 2 heterocycles. The Morgan fingerprint density at radius 2 is 1.70 bits per heavy atom. The van der Waals surface area contributed by atoms with Gasteiger partial charge in [0.1, 0.15) is 0 Å². The minimum atomic E-state index is 0.315. The molecule has 3 atom stereocenters. The van der Waals surface area contributed by atoms with Crippen LogP contribution in [0.1, 0.15) is 79.6 Å². The van der Waals surface area contributed by atoms with Crippen molar-refractivity contribution in [1.82, 2.24) is 10.2 Å². The second kappa shape index (κ2) is 8.82. The summed E-state index contributed by atoms with van der Waals surface area (Å²) in [7, 11) is 0. The average molecular weight is 373 g/mol. The van der Waals surface area contributed by atoms with Crippen molar-refractivity contribution in [3.8, 4) is 0 Å². The van der Waals surface area contributed by atoms with Crippen LogP contribution in [0.25, 0.3) is 0 Å². The third-order valence-electron chi connectivity index (χ3n) is 7.03. The van der Waals surface area contributed by atoms with Gasteiger partial charge in [-0.15, -0.1) is 0 Å². The first-order valence-electron chi connectivity index (χ1n) is 11.6. The molecule has 154 valence electrons. The number of rotatable bonds is 7. The van der Waals surface area contributed by atoms with Crippen molar-refractivity contribution >= 4 is 0 Å². The van der Waals surface area contributed by atoms with E-state index in [1.54, 1.807) is 0 Å². The molecule has 1 N–H and O–H groups in total. The van der Waals surface area contributed by atoms with Gasteiger partial charge in [-0.25, -0.2) is 0 Å². The van der Waals surface area contributed by atoms with Crippen LogP contribution in [0.2, 0.25) is 0 Å². The summed E-state index contributed by atoms with van der Waals surface area (Å²) in [6.45, 7) is 15.5. The molecule has 2 saturated heterocycles. The Kier molecular flexibility index (Phi) is 6.90. The van der Waals surface area contributed by atoms with Crippen LogP contribution in [0.15, 0.2) is 24.3 Å². The molecule has 0 radical (unpaired) electrons. The molecule has 3 unspecified atom stereocenters. The minimum Gasteiger partial charge on any atom is -0.307 e. The molecular formula is C25H44N2. The van der Waals surface area contributed by atoms with Crippen LogP contribution >= 0.6 is 0 Å². The molecule has 0 amide bonds. The van der Waals surface area contributed by atoms with Crippen molar-refractivity contribution in [3.63, 3.8) is 0 Å². The molecule has 1 saturated carbocycles. The lowest BCUT2D eigenvalue weighted by molar-refractivity contribution is 0.169. The molecule has 0 spiro atoms. The molecule has 0 aromatic heterocycles. The Hall–Kier alpha value is -0.600. The molecule has 2 aliphatic heterocycles. The fourth-order valence-corrected chi connectivity index (χ4v) is 5.07. The standard InChI is InChI=1S/C25H44N2/c1-24(2,3)13-6-7-20-11-16-27(17-12-20)18-15-25(4,5)14-10-23-21-8-9-22(19-21)26-23/h6,10,13-14,20-23,26H,7-9,11-12,15-19H2,1-5H3/b13-6+,14-10+. The van der Waals surface area contributed by atoms with E-state index >= 15 is 0 Å². The van der Waals surface area contributed by atoms with Crippen molar-refractivity contribution in [2.24, 2.45) is 22.7 Å². The van der Waals surface area contributed by atoms with Gasteiger partial charge in [-0.1, -0.05) is 58.9 Å². The first-order valence-corrected chi connectivity index (χ1v) is 11.6. The summed E-state index contributed by atoms with van der Waals surface area (Å²) in [6.07, 6.45) is 19.4. The molecule has 0 aromatic carbocycles. The van der Waals surface area contributed by atoms with Crippen LogP contribution in [0.3, 0.4) is 0 Å². The van der Waals surface area contributed by atoms with Gasteiger partial charge in [-0.05, 0) is 87.2 Å². The van der Waals surface area contributed by atoms with Crippen molar-refractivity contribution in [2.45, 2.75) is 91.6 Å². The normalized spacial score (nSPS) is 30.9. The SMILES string of the molecule is CC(C)(C)/C=C/CC1CCN(CCC(C)(C)/C=C/C2NC3CCC2C3)CC1. The van der Waals surface area contributed by atoms with Gasteiger partial charge in [0, 0.05) is 12.1 Å². The highest BCUT2D eigenvalue weighted by molar-refractivity contribution is 5.09. The number of piperidine rings is 2. The molecule has 2 nitrogen and oxygen atoms in total. The number of fused-ring (bicyclic) bond motifs is 2. The van der Waals surface area contributed by atoms with E-state index in [1.807, 2.05) is 0 Å². The van der Waals surface area contributed by atoms with Gasteiger partial charge < -0.3 is 10.2 Å². The molecule has 27 heavy (non-hydrogen) atoms. The molecule has 3 fully saturated rings. The quantitative estimate of drug-likeness (QED) is 0.568. The fraction of sp³-hybridized carbons (Fsp3) is 0.840. The lowest BCUT2D eigenvalue weighted by atomic mass is 9.86. The third-order valence-corrected chi connectivity index (χ3v) is 7.03. The van der Waals surface area contributed by atoms with Crippen LogP contribution in [-0.4, -0.2) is 36.6 Å². The number of nitrogens with one attached hydrogen (secondary N) is 1. The van der Waals surface area contributed by atoms with Crippen LogP contribution in [-0.2, 0) is 0 Å². The summed E-state index contributed by atoms with van der Waals surface area (Å²) in [5.41, 5.74) is 0.642. The van der Waals surface area contributed by atoms with E-state index in [9.17, 15) is 0 Å². The minimum absolute atomic E-state index is 0.315. The Balaban J connectivity index is 1.34. The molecule has 2 heteroatoms. The Bertz CT molecular complexity index is 517. The zero-order valence-corrected chi connectivity index (χ0v) is 18.6. The number of hydrogen-bond donors (Lipinski definition) is 1. The summed E-state index contributed by atoms with van der Waals surface area (Å²) < 4.78 is 0. The fourth-order valence-electron chi connectivity index (χ4n) is 5.07. The average Bonchev–Trinajstić information content (AvgIpc) is 3.21. The predicted octanol–water partition coefficient (Wildman–Crippen LogP) is 5.80. The van der Waals surface area contributed by atoms with E-state index in [0.717, 1.165) is 17.9 Å². The van der Waals surface area contributed by atoms with E-state index in [2.05, 4.69) is 69.1 Å². The summed E-state index contributed by atoms with van der Waals surface area (Å²) in [5.74, 6) is 1.81. The zero-order chi connectivity index (χ0) is 19.5. The zero-order valence-electron chi connectivity index (χ0n) is 18.6. The topological polar surface area (TPSA) is 15.3 Å². The molecule has 1 aliphatic carbocycles. The lowest BCUT2D eigenvalue weighted by Crippen LogP contribution is -2.36. The van der Waals surface area contributed by atoms with Gasteiger partial charge in [0.05, 0.1) is 0 Å². The van der Waals surface area contributed by atoms with Crippen LogP contribution < -0.4 is 5.32 Å². The maximum Gasteiger partial charge on any atom is 0.0281 e. The number of nitrogens with zero attached hydrogens (tertiary/aromatic N) is 1. The molecule has 0 aromatic rings. The monoisotopic (exact) mass is 372 g/mol. The summed E-state index contributed by atoms with van der Waals surface area (Å²) >= 11 is 0. The maximum atomic E-state index is 3.80. The molecule has 3 aliphatic rings. The third kappa shape index (κ3) is 6.75. The Morgan fingerprint density at radius 1 is 0.963 bits per heavy atom. The predicted molar refractivity (Wildman–Crippen MR) is 118 cm³/mol. The maximum absolute atomic E-state index is 3.80. The van der Waals surface area contributed by atoms with E-state index in [4.69, 9.17) is 0 Å². The van der Waals surface area contributed by atoms with Gasteiger partial charge in [0.2, 0.25) is 0 Å². The molecule has 3 rings (SSSR count). The lowest BCUT2D eigenvalue weighted by Gasteiger charge is -2.34. The highest BCUT2D eigenvalue weighted by Gasteiger charge is 2.37. The summed E-state index contributed by atoms with van der Waals surface area (Å²) in [5, 5.41) is 3.80. The summed E-state index contributed by atoms with van der Waals surface area (Å²) in [4.78, 5) is 2.70. The highest BCUT2D eigenvalue weighted by atomic mass is 15.1. The van der Waals surface area contributed by atoms with Crippen LogP contribution in [0.5, 0.6) is 0 Å². The first-order chi connectivity index (χ1) is 12.7. The highest BCUT2D eigenvalue weighted by Crippen LogP contribution is 2.36. The van der Waals surface area contributed by atoms with Crippen molar-refractivity contribution < 1.29 is 0 Å². The first kappa shape index (κ1) is 21.1. The van der Waals surface area contributed by atoms with Crippen molar-refractivity contribution in [3.05, 3.63) is 24.3 Å². The Labute approximate surface area is 168 Å². The second-order valence-corrected chi connectivity index (χ2v) is 11.3. The van der Waals surface area contributed by atoms with E-state index in [1.165, 1.54) is 64.6 Å². The van der Waals surface area contributed by atoms with Gasteiger partial charge in [0.15, 0.2) is 0 Å². The van der Waals surface area contributed by atoms with Gasteiger partial charge in [-0.3, -0.25) is 0 Å². The van der Waals surface area contributed by atoms with Gasteiger partial charge in [0.25, 0.3) is 0 Å². The second-order valence-electron chi connectivity index (χ2n) is 11.3. The van der Waals surface area contributed by atoms with E-state index in [0.29, 0.717) is 16.9 Å².